The highest BCUT2D eigenvalue weighted by Crippen LogP contribution is 2.34. The summed E-state index contributed by atoms with van der Waals surface area (Å²) in [6.45, 7) is 5.24. The SMILES string of the molecule is CC(C)n1nc(-c2ccccc2)cc1NC(=O)[C@@H]1C[C@H]2CC[C@H]1NC2. The third kappa shape index (κ3) is 3.21. The number of amides is 1. The quantitative estimate of drug-likeness (QED) is 0.897. The summed E-state index contributed by atoms with van der Waals surface area (Å²) in [4.78, 5) is 12.9. The van der Waals surface area contributed by atoms with E-state index in [1.54, 1.807) is 0 Å². The van der Waals surface area contributed by atoms with E-state index in [4.69, 9.17) is 5.10 Å². The zero-order valence-electron chi connectivity index (χ0n) is 14.9. The van der Waals surface area contributed by atoms with E-state index in [-0.39, 0.29) is 17.9 Å². The van der Waals surface area contributed by atoms with Crippen LogP contribution < -0.4 is 10.6 Å². The number of nitrogens with one attached hydrogen (secondary N) is 2. The average Bonchev–Trinajstić information content (AvgIpc) is 3.07. The summed E-state index contributed by atoms with van der Waals surface area (Å²) < 4.78 is 1.91. The predicted octanol–water partition coefficient (Wildman–Crippen LogP) is 3.46. The van der Waals surface area contributed by atoms with Gasteiger partial charge in [0.1, 0.15) is 5.82 Å². The van der Waals surface area contributed by atoms with Crippen LogP contribution >= 0.6 is 0 Å². The molecule has 0 unspecified atom stereocenters. The van der Waals surface area contributed by atoms with E-state index in [9.17, 15) is 4.79 Å². The number of benzene rings is 1. The number of nitrogens with zero attached hydrogens (tertiary/aromatic N) is 2. The van der Waals surface area contributed by atoms with E-state index in [1.165, 1.54) is 6.42 Å². The van der Waals surface area contributed by atoms with E-state index in [0.717, 1.165) is 36.5 Å². The molecule has 132 valence electrons. The lowest BCUT2D eigenvalue weighted by Crippen LogP contribution is -2.53. The van der Waals surface area contributed by atoms with Crippen molar-refractivity contribution in [3.05, 3.63) is 36.4 Å². The fourth-order valence-corrected chi connectivity index (χ4v) is 4.15. The average molecular weight is 338 g/mol. The number of fused-ring (bicyclic) bond motifs is 3. The summed E-state index contributed by atoms with van der Waals surface area (Å²) >= 11 is 0. The molecule has 1 saturated carbocycles. The Bertz CT molecular complexity index is 744. The fourth-order valence-electron chi connectivity index (χ4n) is 4.15. The summed E-state index contributed by atoms with van der Waals surface area (Å²) in [7, 11) is 0. The number of hydrogen-bond acceptors (Lipinski definition) is 3. The molecule has 1 aliphatic carbocycles. The Morgan fingerprint density at radius 2 is 2.08 bits per heavy atom. The van der Waals surface area contributed by atoms with E-state index >= 15 is 0 Å². The Balaban J connectivity index is 1.57. The molecule has 2 N–H and O–H groups in total. The second-order valence-corrected chi connectivity index (χ2v) is 7.61. The van der Waals surface area contributed by atoms with Gasteiger partial charge in [-0.2, -0.15) is 5.10 Å². The molecule has 5 nitrogen and oxygen atoms in total. The molecule has 3 aliphatic rings. The molecule has 1 amide bonds. The minimum Gasteiger partial charge on any atom is -0.313 e. The van der Waals surface area contributed by atoms with Gasteiger partial charge in [0.2, 0.25) is 5.91 Å². The van der Waals surface area contributed by atoms with Gasteiger partial charge in [-0.1, -0.05) is 30.3 Å². The summed E-state index contributed by atoms with van der Waals surface area (Å²) in [5.41, 5.74) is 1.96. The molecule has 5 heteroatoms. The van der Waals surface area contributed by atoms with Crippen molar-refractivity contribution in [2.75, 3.05) is 11.9 Å². The Labute approximate surface area is 148 Å². The second kappa shape index (κ2) is 6.64. The van der Waals surface area contributed by atoms with Crippen molar-refractivity contribution in [3.8, 4) is 11.3 Å². The van der Waals surface area contributed by atoms with E-state index in [2.05, 4.69) is 24.5 Å². The normalized spacial score (nSPS) is 25.3. The third-order valence-electron chi connectivity index (χ3n) is 5.51. The Morgan fingerprint density at radius 3 is 2.68 bits per heavy atom. The Morgan fingerprint density at radius 1 is 1.28 bits per heavy atom. The smallest absolute Gasteiger partial charge is 0.230 e. The number of carbonyl (C=O) groups is 1. The van der Waals surface area contributed by atoms with Gasteiger partial charge >= 0.3 is 0 Å². The molecule has 2 aromatic rings. The lowest BCUT2D eigenvalue weighted by Gasteiger charge is -2.42. The number of piperidine rings is 2. The zero-order valence-corrected chi connectivity index (χ0v) is 14.9. The number of carbonyl (C=O) groups excluding carboxylic acids is 1. The van der Waals surface area contributed by atoms with Crippen molar-refractivity contribution in [1.82, 2.24) is 15.1 Å². The van der Waals surface area contributed by atoms with Crippen LogP contribution in [0.5, 0.6) is 0 Å². The van der Waals surface area contributed by atoms with Crippen LogP contribution in [0.15, 0.2) is 36.4 Å². The minimum atomic E-state index is 0.0724. The van der Waals surface area contributed by atoms with Gasteiger partial charge in [0.05, 0.1) is 11.6 Å². The van der Waals surface area contributed by atoms with Crippen molar-refractivity contribution < 1.29 is 4.79 Å². The molecule has 3 fully saturated rings. The first kappa shape index (κ1) is 16.3. The van der Waals surface area contributed by atoms with Crippen molar-refractivity contribution in [1.29, 1.82) is 0 Å². The second-order valence-electron chi connectivity index (χ2n) is 7.61. The number of rotatable bonds is 4. The fraction of sp³-hybridized carbons (Fsp3) is 0.500. The molecule has 25 heavy (non-hydrogen) atoms. The van der Waals surface area contributed by atoms with Crippen LogP contribution in [0.4, 0.5) is 5.82 Å². The summed E-state index contributed by atoms with van der Waals surface area (Å²) in [5, 5.41) is 11.4. The highest BCUT2D eigenvalue weighted by molar-refractivity contribution is 5.93. The molecule has 1 aromatic carbocycles. The Hall–Kier alpha value is -2.14. The molecule has 0 spiro atoms. The van der Waals surface area contributed by atoms with Gasteiger partial charge in [-0.3, -0.25) is 4.79 Å². The molecule has 2 bridgehead atoms. The van der Waals surface area contributed by atoms with Gasteiger partial charge in [-0.25, -0.2) is 4.68 Å². The van der Waals surface area contributed by atoms with Gasteiger partial charge in [0, 0.05) is 23.7 Å². The molecule has 2 aliphatic heterocycles. The number of hydrogen-bond donors (Lipinski definition) is 2. The van der Waals surface area contributed by atoms with Crippen LogP contribution in [-0.4, -0.2) is 28.3 Å². The van der Waals surface area contributed by atoms with Crippen LogP contribution in [0, 0.1) is 11.8 Å². The van der Waals surface area contributed by atoms with Gasteiger partial charge in [-0.15, -0.1) is 0 Å². The van der Waals surface area contributed by atoms with Gasteiger partial charge in [0.15, 0.2) is 0 Å². The van der Waals surface area contributed by atoms with Crippen molar-refractivity contribution >= 4 is 11.7 Å². The summed E-state index contributed by atoms with van der Waals surface area (Å²) in [5.74, 6) is 1.64. The number of anilines is 1. The van der Waals surface area contributed by atoms with Crippen LogP contribution in [0.3, 0.4) is 0 Å². The molecule has 1 aromatic heterocycles. The van der Waals surface area contributed by atoms with Crippen molar-refractivity contribution in [2.45, 2.75) is 45.2 Å². The summed E-state index contributed by atoms with van der Waals surface area (Å²) in [6.07, 6.45) is 3.37. The molecule has 2 saturated heterocycles. The lowest BCUT2D eigenvalue weighted by molar-refractivity contribution is -0.123. The van der Waals surface area contributed by atoms with E-state index < -0.39 is 0 Å². The molecular weight excluding hydrogens is 312 g/mol. The predicted molar refractivity (Wildman–Crippen MR) is 99.3 cm³/mol. The van der Waals surface area contributed by atoms with Crippen molar-refractivity contribution in [3.63, 3.8) is 0 Å². The van der Waals surface area contributed by atoms with Crippen LogP contribution in [0.2, 0.25) is 0 Å². The standard InChI is InChI=1S/C20H26N4O/c1-13(2)24-19(11-18(23-24)15-6-4-3-5-7-15)22-20(25)16-10-14-8-9-17(16)21-12-14/h3-7,11,13-14,16-17,21H,8-10,12H2,1-2H3,(H,22,25)/t14-,16-,17-/m1/s1. The van der Waals surface area contributed by atoms with Crippen LogP contribution in [0.1, 0.15) is 39.2 Å². The maximum atomic E-state index is 12.9. The maximum absolute atomic E-state index is 12.9. The minimum absolute atomic E-state index is 0.0724. The first-order valence-corrected chi connectivity index (χ1v) is 9.31. The first-order chi connectivity index (χ1) is 12.1. The molecular formula is C20H26N4O. The van der Waals surface area contributed by atoms with Gasteiger partial charge in [0.25, 0.3) is 0 Å². The monoisotopic (exact) mass is 338 g/mol. The highest BCUT2D eigenvalue weighted by atomic mass is 16.2. The Kier molecular flexibility index (Phi) is 4.34. The zero-order chi connectivity index (χ0) is 17.4. The maximum Gasteiger partial charge on any atom is 0.230 e. The molecule has 3 heterocycles. The molecule has 0 radical (unpaired) electrons. The van der Waals surface area contributed by atoms with Crippen molar-refractivity contribution in [2.24, 2.45) is 11.8 Å². The first-order valence-electron chi connectivity index (χ1n) is 9.31. The molecule has 5 rings (SSSR count). The van der Waals surface area contributed by atoms with Gasteiger partial charge < -0.3 is 10.6 Å². The highest BCUT2D eigenvalue weighted by Gasteiger charge is 2.39. The third-order valence-corrected chi connectivity index (χ3v) is 5.51. The molecule has 3 atom stereocenters. The van der Waals surface area contributed by atoms with E-state index in [0.29, 0.717) is 12.0 Å². The van der Waals surface area contributed by atoms with Gasteiger partial charge in [-0.05, 0) is 45.6 Å². The van der Waals surface area contributed by atoms with Crippen LogP contribution in [-0.2, 0) is 4.79 Å². The lowest BCUT2D eigenvalue weighted by atomic mass is 9.73. The summed E-state index contributed by atoms with van der Waals surface area (Å²) in [6, 6.07) is 12.6. The van der Waals surface area contributed by atoms with E-state index in [1.807, 2.05) is 41.1 Å². The topological polar surface area (TPSA) is 59.0 Å². The largest absolute Gasteiger partial charge is 0.313 e. The number of aromatic nitrogens is 2. The van der Waals surface area contributed by atoms with Crippen LogP contribution in [0.25, 0.3) is 11.3 Å².